The van der Waals surface area contributed by atoms with E-state index in [4.69, 9.17) is 4.98 Å². The fraction of sp³-hybridized carbons (Fsp3) is 0.824. The van der Waals surface area contributed by atoms with Crippen LogP contribution in [0.25, 0.3) is 0 Å². The molecule has 1 saturated heterocycles. The Labute approximate surface area is 134 Å². The first-order valence-corrected chi connectivity index (χ1v) is 9.46. The Hall–Kier alpha value is -0.610. The zero-order valence-corrected chi connectivity index (χ0v) is 14.8. The molecule has 0 unspecified atom stereocenters. The molecule has 1 fully saturated rings. The summed E-state index contributed by atoms with van der Waals surface area (Å²) in [5.41, 5.74) is 1.33. The Morgan fingerprint density at radius 1 is 1.19 bits per heavy atom. The van der Waals surface area contributed by atoms with Gasteiger partial charge >= 0.3 is 0 Å². The maximum absolute atomic E-state index is 5.00. The SMILES string of the molecule is CCCNCc1sc(N2CCCCCC2)nc1CC(C)C. The molecule has 1 aromatic rings. The first-order chi connectivity index (χ1) is 10.2. The lowest BCUT2D eigenvalue weighted by molar-refractivity contribution is 0.622. The molecule has 0 saturated carbocycles. The normalized spacial score (nSPS) is 16.5. The summed E-state index contributed by atoms with van der Waals surface area (Å²) in [5.74, 6) is 0.675. The molecule has 0 amide bonds. The van der Waals surface area contributed by atoms with Crippen molar-refractivity contribution in [3.8, 4) is 0 Å². The van der Waals surface area contributed by atoms with Gasteiger partial charge in [0.05, 0.1) is 5.69 Å². The van der Waals surface area contributed by atoms with E-state index in [0.29, 0.717) is 5.92 Å². The van der Waals surface area contributed by atoms with Crippen LogP contribution in [0.3, 0.4) is 0 Å². The van der Waals surface area contributed by atoms with Gasteiger partial charge in [-0.25, -0.2) is 4.98 Å². The van der Waals surface area contributed by atoms with Crippen LogP contribution in [0.1, 0.15) is 63.4 Å². The van der Waals surface area contributed by atoms with Crippen LogP contribution < -0.4 is 10.2 Å². The van der Waals surface area contributed by atoms with Gasteiger partial charge in [0.15, 0.2) is 5.13 Å². The molecule has 120 valence electrons. The zero-order chi connectivity index (χ0) is 15.1. The van der Waals surface area contributed by atoms with Crippen molar-refractivity contribution >= 4 is 16.5 Å². The summed E-state index contributed by atoms with van der Waals surface area (Å²) in [6, 6.07) is 0. The second kappa shape index (κ2) is 8.74. The maximum Gasteiger partial charge on any atom is 0.185 e. The summed E-state index contributed by atoms with van der Waals surface area (Å²) < 4.78 is 0. The number of hydrogen-bond acceptors (Lipinski definition) is 4. The van der Waals surface area contributed by atoms with E-state index in [-0.39, 0.29) is 0 Å². The van der Waals surface area contributed by atoms with Crippen molar-refractivity contribution in [3.63, 3.8) is 0 Å². The number of nitrogens with zero attached hydrogens (tertiary/aromatic N) is 2. The Bertz CT molecular complexity index is 406. The number of aromatic nitrogens is 1. The van der Waals surface area contributed by atoms with Gasteiger partial charge in [0.25, 0.3) is 0 Å². The molecular weight excluding hydrogens is 278 g/mol. The van der Waals surface area contributed by atoms with Gasteiger partial charge in [-0.2, -0.15) is 0 Å². The second-order valence-electron chi connectivity index (χ2n) is 6.54. The molecule has 0 spiro atoms. The average Bonchev–Trinajstić information content (AvgIpc) is 2.67. The van der Waals surface area contributed by atoms with E-state index >= 15 is 0 Å². The van der Waals surface area contributed by atoms with Gasteiger partial charge in [-0.3, -0.25) is 0 Å². The summed E-state index contributed by atoms with van der Waals surface area (Å²) in [6.45, 7) is 11.3. The van der Waals surface area contributed by atoms with Gasteiger partial charge < -0.3 is 10.2 Å². The third-order valence-corrected chi connectivity index (χ3v) is 5.12. The average molecular weight is 310 g/mol. The Morgan fingerprint density at radius 2 is 1.90 bits per heavy atom. The van der Waals surface area contributed by atoms with E-state index in [1.807, 2.05) is 11.3 Å². The van der Waals surface area contributed by atoms with Crippen LogP contribution in [-0.4, -0.2) is 24.6 Å². The van der Waals surface area contributed by atoms with Gasteiger partial charge in [0, 0.05) is 24.5 Å². The number of rotatable bonds is 7. The van der Waals surface area contributed by atoms with Crippen LogP contribution in [0.2, 0.25) is 0 Å². The summed E-state index contributed by atoms with van der Waals surface area (Å²) in [4.78, 5) is 8.97. The number of nitrogens with one attached hydrogen (secondary N) is 1. The van der Waals surface area contributed by atoms with E-state index in [1.165, 1.54) is 60.9 Å². The molecule has 0 bridgehead atoms. The Morgan fingerprint density at radius 3 is 2.52 bits per heavy atom. The molecule has 0 radical (unpaired) electrons. The van der Waals surface area contributed by atoms with Gasteiger partial charge in [-0.05, 0) is 38.1 Å². The predicted octanol–water partition coefficient (Wildman–Crippen LogP) is 4.22. The predicted molar refractivity (Wildman–Crippen MR) is 93.3 cm³/mol. The minimum Gasteiger partial charge on any atom is -0.348 e. The van der Waals surface area contributed by atoms with Crippen LogP contribution in [0.5, 0.6) is 0 Å². The number of anilines is 1. The van der Waals surface area contributed by atoms with Gasteiger partial charge in [0.2, 0.25) is 0 Å². The van der Waals surface area contributed by atoms with Gasteiger partial charge in [0.1, 0.15) is 0 Å². The highest BCUT2D eigenvalue weighted by molar-refractivity contribution is 7.15. The number of thiazole rings is 1. The number of hydrogen-bond donors (Lipinski definition) is 1. The van der Waals surface area contributed by atoms with Crippen molar-refractivity contribution < 1.29 is 0 Å². The molecular formula is C17H31N3S. The Balaban J connectivity index is 2.09. The quantitative estimate of drug-likeness (QED) is 0.764. The van der Waals surface area contributed by atoms with Crippen LogP contribution in [0, 0.1) is 5.92 Å². The fourth-order valence-electron chi connectivity index (χ4n) is 2.83. The zero-order valence-electron chi connectivity index (χ0n) is 14.0. The topological polar surface area (TPSA) is 28.2 Å². The van der Waals surface area contributed by atoms with Crippen molar-refractivity contribution in [1.82, 2.24) is 10.3 Å². The molecule has 0 aromatic carbocycles. The Kier molecular flexibility index (Phi) is 6.97. The van der Waals surface area contributed by atoms with E-state index in [9.17, 15) is 0 Å². The van der Waals surface area contributed by atoms with Crippen LogP contribution in [-0.2, 0) is 13.0 Å². The van der Waals surface area contributed by atoms with Crippen molar-refractivity contribution in [2.24, 2.45) is 5.92 Å². The van der Waals surface area contributed by atoms with Crippen molar-refractivity contribution in [3.05, 3.63) is 10.6 Å². The van der Waals surface area contributed by atoms with E-state index in [2.05, 4.69) is 31.0 Å². The maximum atomic E-state index is 5.00. The van der Waals surface area contributed by atoms with Crippen molar-refractivity contribution in [1.29, 1.82) is 0 Å². The molecule has 1 aliphatic rings. The van der Waals surface area contributed by atoms with Crippen LogP contribution in [0.4, 0.5) is 5.13 Å². The largest absolute Gasteiger partial charge is 0.348 e. The molecule has 1 aliphatic heterocycles. The minimum atomic E-state index is 0.675. The van der Waals surface area contributed by atoms with Gasteiger partial charge in [-0.1, -0.05) is 33.6 Å². The lowest BCUT2D eigenvalue weighted by Gasteiger charge is -2.18. The lowest BCUT2D eigenvalue weighted by atomic mass is 10.1. The third-order valence-electron chi connectivity index (χ3n) is 3.96. The fourth-order valence-corrected chi connectivity index (χ4v) is 3.94. The first-order valence-electron chi connectivity index (χ1n) is 8.65. The lowest BCUT2D eigenvalue weighted by Crippen LogP contribution is -2.23. The molecule has 1 aromatic heterocycles. The highest BCUT2D eigenvalue weighted by atomic mass is 32.1. The molecule has 4 heteroatoms. The van der Waals surface area contributed by atoms with E-state index in [0.717, 1.165) is 19.5 Å². The summed E-state index contributed by atoms with van der Waals surface area (Å²) in [6.07, 6.45) is 7.70. The first kappa shape index (κ1) is 16.8. The minimum absolute atomic E-state index is 0.675. The summed E-state index contributed by atoms with van der Waals surface area (Å²) in [7, 11) is 0. The van der Waals surface area contributed by atoms with Crippen LogP contribution in [0.15, 0.2) is 0 Å². The molecule has 2 rings (SSSR count). The molecule has 21 heavy (non-hydrogen) atoms. The molecule has 0 aliphatic carbocycles. The summed E-state index contributed by atoms with van der Waals surface area (Å²) >= 11 is 1.92. The molecule has 2 heterocycles. The monoisotopic (exact) mass is 309 g/mol. The van der Waals surface area contributed by atoms with E-state index in [1.54, 1.807) is 0 Å². The smallest absolute Gasteiger partial charge is 0.185 e. The standard InChI is InChI=1S/C17H31N3S/c1-4-9-18-13-16-15(12-14(2)3)19-17(21-16)20-10-7-5-6-8-11-20/h14,18H,4-13H2,1-3H3. The molecule has 1 N–H and O–H groups in total. The second-order valence-corrected chi connectivity index (χ2v) is 7.60. The highest BCUT2D eigenvalue weighted by Crippen LogP contribution is 2.29. The van der Waals surface area contributed by atoms with E-state index < -0.39 is 0 Å². The molecule has 3 nitrogen and oxygen atoms in total. The third kappa shape index (κ3) is 5.26. The van der Waals surface area contributed by atoms with Crippen molar-refractivity contribution in [2.75, 3.05) is 24.5 Å². The van der Waals surface area contributed by atoms with Crippen molar-refractivity contribution in [2.45, 2.75) is 65.8 Å². The van der Waals surface area contributed by atoms with Gasteiger partial charge in [-0.15, -0.1) is 11.3 Å². The van der Waals surface area contributed by atoms with Crippen LogP contribution >= 0.6 is 11.3 Å². The molecule has 0 atom stereocenters. The highest BCUT2D eigenvalue weighted by Gasteiger charge is 2.18. The summed E-state index contributed by atoms with van der Waals surface area (Å²) in [5, 5.41) is 4.81.